The molecule has 32 heavy (non-hydrogen) atoms. The van der Waals surface area contributed by atoms with Gasteiger partial charge in [-0.05, 0) is 48.9 Å². The van der Waals surface area contributed by atoms with Crippen LogP contribution < -0.4 is 5.32 Å². The van der Waals surface area contributed by atoms with Gasteiger partial charge >= 0.3 is 6.01 Å². The van der Waals surface area contributed by atoms with Crippen molar-refractivity contribution in [2.75, 3.05) is 18.1 Å². The molecule has 1 fully saturated rings. The highest BCUT2D eigenvalue weighted by atomic mass is 35.5. The summed E-state index contributed by atoms with van der Waals surface area (Å²) < 4.78 is 33.4. The second kappa shape index (κ2) is 9.92. The average Bonchev–Trinajstić information content (AvgIpc) is 3.43. The summed E-state index contributed by atoms with van der Waals surface area (Å²) in [5.41, 5.74) is 1.00. The summed E-state index contributed by atoms with van der Waals surface area (Å²) in [4.78, 5) is 14.1. The Labute approximate surface area is 199 Å². The van der Waals surface area contributed by atoms with Gasteiger partial charge in [-0.3, -0.25) is 10.1 Å². The number of benzene rings is 1. The van der Waals surface area contributed by atoms with Crippen molar-refractivity contribution < 1.29 is 17.6 Å². The molecule has 3 aromatic rings. The molecule has 1 saturated heterocycles. The van der Waals surface area contributed by atoms with Crippen molar-refractivity contribution in [1.29, 1.82) is 0 Å². The van der Waals surface area contributed by atoms with Crippen molar-refractivity contribution in [3.63, 3.8) is 0 Å². The second-order valence-electron chi connectivity index (χ2n) is 7.20. The Morgan fingerprint density at radius 2 is 2.03 bits per heavy atom. The van der Waals surface area contributed by atoms with E-state index in [0.29, 0.717) is 29.5 Å². The molecule has 1 atom stereocenters. The number of nitrogens with zero attached hydrogens (tertiary/aromatic N) is 3. The first kappa shape index (κ1) is 23.2. The van der Waals surface area contributed by atoms with E-state index in [-0.39, 0.29) is 16.8 Å². The van der Waals surface area contributed by atoms with Gasteiger partial charge < -0.3 is 4.42 Å². The molecule has 1 N–H and O–H groups in total. The number of carbonyl (C=O) groups is 1. The maximum Gasteiger partial charge on any atom is 0.322 e. The van der Waals surface area contributed by atoms with Crippen molar-refractivity contribution in [3.05, 3.63) is 52.2 Å². The minimum absolute atomic E-state index is 0.0483. The van der Waals surface area contributed by atoms with E-state index >= 15 is 0 Å². The molecule has 1 aliphatic heterocycles. The second-order valence-corrected chi connectivity index (χ2v) is 11.9. The van der Waals surface area contributed by atoms with Crippen molar-refractivity contribution in [3.8, 4) is 0 Å². The molecule has 1 amide bonds. The molecule has 0 bridgehead atoms. The Kier molecular flexibility index (Phi) is 7.21. The SMILES string of the molecule is CSc1ccc(Cc2nnc(NC(=O)C3CCCCN3S(=O)(=O)c3ccc(Cl)s3)o2)cc1. The fourth-order valence-corrected chi connectivity index (χ4v) is 7.17. The predicted octanol–water partition coefficient (Wildman–Crippen LogP) is 4.28. The van der Waals surface area contributed by atoms with Gasteiger partial charge in [0.2, 0.25) is 11.8 Å². The number of hydrogen-bond donors (Lipinski definition) is 1. The van der Waals surface area contributed by atoms with E-state index in [0.717, 1.165) is 28.2 Å². The predicted molar refractivity (Wildman–Crippen MR) is 125 cm³/mol. The Morgan fingerprint density at radius 3 is 2.72 bits per heavy atom. The summed E-state index contributed by atoms with van der Waals surface area (Å²) in [5.74, 6) is -0.131. The number of amides is 1. The van der Waals surface area contributed by atoms with Crippen molar-refractivity contribution >= 4 is 56.6 Å². The summed E-state index contributed by atoms with van der Waals surface area (Å²) in [6.45, 7) is 0.261. The van der Waals surface area contributed by atoms with Gasteiger partial charge in [0.25, 0.3) is 10.0 Å². The Hall–Kier alpha value is -1.92. The summed E-state index contributed by atoms with van der Waals surface area (Å²) in [6, 6.07) is 10.1. The highest BCUT2D eigenvalue weighted by Gasteiger charge is 2.38. The fraction of sp³-hybridized carbons (Fsp3) is 0.350. The summed E-state index contributed by atoms with van der Waals surface area (Å²) in [5, 5.41) is 10.5. The quantitative estimate of drug-likeness (QED) is 0.471. The van der Waals surface area contributed by atoms with Gasteiger partial charge in [0.1, 0.15) is 10.3 Å². The smallest absolute Gasteiger partial charge is 0.322 e. The van der Waals surface area contributed by atoms with Crippen LogP contribution in [0.2, 0.25) is 4.34 Å². The third-order valence-corrected chi connectivity index (χ3v) is 9.43. The Balaban J connectivity index is 1.45. The van der Waals surface area contributed by atoms with E-state index < -0.39 is 22.0 Å². The van der Waals surface area contributed by atoms with E-state index in [1.165, 1.54) is 16.4 Å². The van der Waals surface area contributed by atoms with Crippen LogP contribution in [0.4, 0.5) is 6.01 Å². The minimum Gasteiger partial charge on any atom is -0.407 e. The summed E-state index contributed by atoms with van der Waals surface area (Å²) >= 11 is 8.55. The number of hydrogen-bond acceptors (Lipinski definition) is 8. The van der Waals surface area contributed by atoms with Gasteiger partial charge in [-0.15, -0.1) is 28.2 Å². The molecule has 0 radical (unpaired) electrons. The molecule has 170 valence electrons. The lowest BCUT2D eigenvalue weighted by Crippen LogP contribution is -2.49. The number of thiophene rings is 1. The third kappa shape index (κ3) is 5.18. The highest BCUT2D eigenvalue weighted by Crippen LogP contribution is 2.32. The fourth-order valence-electron chi connectivity index (χ4n) is 3.49. The van der Waals surface area contributed by atoms with Crippen LogP contribution in [0.25, 0.3) is 0 Å². The molecule has 4 rings (SSSR count). The normalized spacial score (nSPS) is 17.4. The number of anilines is 1. The van der Waals surface area contributed by atoms with E-state index in [4.69, 9.17) is 16.0 Å². The first-order chi connectivity index (χ1) is 15.4. The van der Waals surface area contributed by atoms with E-state index in [1.807, 2.05) is 30.5 Å². The van der Waals surface area contributed by atoms with Crippen molar-refractivity contribution in [1.82, 2.24) is 14.5 Å². The molecule has 1 aromatic carbocycles. The lowest BCUT2D eigenvalue weighted by molar-refractivity contribution is -0.120. The average molecular weight is 513 g/mol. The van der Waals surface area contributed by atoms with E-state index in [2.05, 4.69) is 15.5 Å². The monoisotopic (exact) mass is 512 g/mol. The molecule has 8 nitrogen and oxygen atoms in total. The van der Waals surface area contributed by atoms with Crippen molar-refractivity contribution in [2.24, 2.45) is 0 Å². The van der Waals surface area contributed by atoms with Crippen LogP contribution >= 0.6 is 34.7 Å². The maximum atomic E-state index is 13.1. The number of nitrogens with one attached hydrogen (secondary N) is 1. The summed E-state index contributed by atoms with van der Waals surface area (Å²) in [6.07, 6.45) is 4.28. The van der Waals surface area contributed by atoms with Gasteiger partial charge in [-0.25, -0.2) is 8.42 Å². The van der Waals surface area contributed by atoms with Crippen LogP contribution in [0.15, 0.2) is 49.9 Å². The van der Waals surface area contributed by atoms with E-state index in [9.17, 15) is 13.2 Å². The largest absolute Gasteiger partial charge is 0.407 e. The first-order valence-electron chi connectivity index (χ1n) is 9.90. The van der Waals surface area contributed by atoms with Crippen molar-refractivity contribution in [2.45, 2.75) is 40.8 Å². The highest BCUT2D eigenvalue weighted by molar-refractivity contribution is 7.98. The van der Waals surface area contributed by atoms with Gasteiger partial charge in [-0.2, -0.15) is 4.31 Å². The molecule has 12 heteroatoms. The zero-order chi connectivity index (χ0) is 22.7. The van der Waals surface area contributed by atoms with E-state index in [1.54, 1.807) is 11.8 Å². The lowest BCUT2D eigenvalue weighted by atomic mass is 10.0. The Morgan fingerprint density at radius 1 is 1.25 bits per heavy atom. The van der Waals surface area contributed by atoms with Gasteiger partial charge in [0.05, 0.1) is 10.8 Å². The molecule has 0 spiro atoms. The molecule has 3 heterocycles. The zero-order valence-electron chi connectivity index (χ0n) is 17.2. The number of thioether (sulfide) groups is 1. The number of carbonyl (C=O) groups excluding carboxylic acids is 1. The number of aromatic nitrogens is 2. The molecule has 1 unspecified atom stereocenters. The molecule has 0 aliphatic carbocycles. The molecular formula is C20H21ClN4O4S3. The van der Waals surface area contributed by atoms with Gasteiger partial charge in [-0.1, -0.05) is 35.3 Å². The molecule has 1 aliphatic rings. The number of piperidine rings is 1. The Bertz CT molecular complexity index is 1190. The van der Waals surface area contributed by atoms with Gasteiger partial charge in [0.15, 0.2) is 0 Å². The van der Waals surface area contributed by atoms with Crippen LogP contribution in [0.3, 0.4) is 0 Å². The maximum absolute atomic E-state index is 13.1. The number of rotatable bonds is 7. The number of sulfonamides is 1. The lowest BCUT2D eigenvalue weighted by Gasteiger charge is -2.32. The minimum atomic E-state index is -3.83. The van der Waals surface area contributed by atoms with Crippen LogP contribution in [-0.4, -0.2) is 47.7 Å². The van der Waals surface area contributed by atoms with Crippen LogP contribution in [0.5, 0.6) is 0 Å². The number of halogens is 1. The van der Waals surface area contributed by atoms with Gasteiger partial charge in [0, 0.05) is 11.4 Å². The van der Waals surface area contributed by atoms with Crippen LogP contribution in [0, 0.1) is 0 Å². The molecule has 2 aromatic heterocycles. The molecular weight excluding hydrogens is 492 g/mol. The zero-order valence-corrected chi connectivity index (χ0v) is 20.4. The van der Waals surface area contributed by atoms with Crippen LogP contribution in [-0.2, 0) is 21.2 Å². The standard InChI is InChI=1S/C20H21ClN4O4S3/c1-30-14-7-5-13(6-8-14)12-17-23-24-20(29-17)22-19(26)15-4-2-3-11-25(15)32(27,28)18-10-9-16(21)31-18/h5-10,15H,2-4,11-12H2,1H3,(H,22,24,26). The topological polar surface area (TPSA) is 105 Å². The third-order valence-electron chi connectivity index (χ3n) is 5.08. The van der Waals surface area contributed by atoms with Crippen LogP contribution in [0.1, 0.15) is 30.7 Å². The first-order valence-corrected chi connectivity index (χ1v) is 13.8. The molecule has 0 saturated carbocycles. The summed E-state index contributed by atoms with van der Waals surface area (Å²) in [7, 11) is -3.83.